The van der Waals surface area contributed by atoms with Crippen LogP contribution < -0.4 is 9.46 Å². The summed E-state index contributed by atoms with van der Waals surface area (Å²) in [5, 5.41) is 10.9. The molecule has 2 aromatic rings. The van der Waals surface area contributed by atoms with Gasteiger partial charge in [-0.1, -0.05) is 6.07 Å². The van der Waals surface area contributed by atoms with Gasteiger partial charge >= 0.3 is 11.7 Å². The number of halogens is 1. The third kappa shape index (κ3) is 4.03. The van der Waals surface area contributed by atoms with Crippen molar-refractivity contribution in [3.63, 3.8) is 0 Å². The molecule has 0 atom stereocenters. The summed E-state index contributed by atoms with van der Waals surface area (Å²) in [6.07, 6.45) is 1.51. The molecule has 0 spiro atoms. The fourth-order valence-corrected chi connectivity index (χ4v) is 3.51. The Morgan fingerprint density at radius 1 is 1.23 bits per heavy atom. The smallest absolute Gasteiger partial charge is 0.343 e. The highest BCUT2D eigenvalue weighted by molar-refractivity contribution is 7.89. The van der Waals surface area contributed by atoms with Crippen molar-refractivity contribution >= 4 is 21.7 Å². The molecule has 0 saturated heterocycles. The van der Waals surface area contributed by atoms with Crippen LogP contribution in [0.4, 0.5) is 10.1 Å². The first-order chi connectivity index (χ1) is 12.3. The fraction of sp³-hybridized carbons (Fsp3) is 0.188. The lowest BCUT2D eigenvalue weighted by Gasteiger charge is -2.08. The summed E-state index contributed by atoms with van der Waals surface area (Å²) < 4.78 is 45.1. The number of nitrogens with one attached hydrogen (secondary N) is 1. The monoisotopic (exact) mass is 380 g/mol. The fourth-order valence-electron chi connectivity index (χ4n) is 2.16. The van der Waals surface area contributed by atoms with Gasteiger partial charge in [-0.3, -0.25) is 10.1 Å². The Kier molecular flexibility index (Phi) is 4.70. The highest BCUT2D eigenvalue weighted by Gasteiger charge is 2.28. The molecular weight excluding hydrogens is 367 g/mol. The van der Waals surface area contributed by atoms with E-state index in [0.717, 1.165) is 31.0 Å². The third-order valence-corrected chi connectivity index (χ3v) is 5.12. The molecule has 0 amide bonds. The Bertz CT molecular complexity index is 988. The van der Waals surface area contributed by atoms with Crippen LogP contribution in [0.15, 0.2) is 47.4 Å². The maximum atomic E-state index is 13.3. The molecule has 0 unspecified atom stereocenters. The number of esters is 1. The van der Waals surface area contributed by atoms with Crippen LogP contribution in [0.25, 0.3) is 0 Å². The Balaban J connectivity index is 1.86. The van der Waals surface area contributed by atoms with Crippen LogP contribution in [-0.4, -0.2) is 25.4 Å². The second-order valence-electron chi connectivity index (χ2n) is 5.68. The zero-order valence-corrected chi connectivity index (χ0v) is 14.0. The van der Waals surface area contributed by atoms with Gasteiger partial charge in [0.05, 0.1) is 15.4 Å². The maximum Gasteiger partial charge on any atom is 0.343 e. The predicted octanol–water partition coefficient (Wildman–Crippen LogP) is 2.39. The average molecular weight is 380 g/mol. The number of nitro benzene ring substituents is 1. The van der Waals surface area contributed by atoms with E-state index in [0.29, 0.717) is 6.07 Å². The Morgan fingerprint density at radius 3 is 2.62 bits per heavy atom. The predicted molar refractivity (Wildman–Crippen MR) is 87.8 cm³/mol. The van der Waals surface area contributed by atoms with Gasteiger partial charge in [0.1, 0.15) is 5.82 Å². The van der Waals surface area contributed by atoms with Crippen LogP contribution in [-0.2, 0) is 10.0 Å². The van der Waals surface area contributed by atoms with Crippen molar-refractivity contribution in [3.05, 3.63) is 64.0 Å². The lowest BCUT2D eigenvalue weighted by atomic mass is 10.2. The molecule has 26 heavy (non-hydrogen) atoms. The second kappa shape index (κ2) is 6.81. The lowest BCUT2D eigenvalue weighted by Crippen LogP contribution is -2.26. The summed E-state index contributed by atoms with van der Waals surface area (Å²) in [4.78, 5) is 22.2. The van der Waals surface area contributed by atoms with Crippen molar-refractivity contribution in [2.24, 2.45) is 0 Å². The first kappa shape index (κ1) is 18.0. The molecule has 0 aliphatic heterocycles. The van der Waals surface area contributed by atoms with Gasteiger partial charge in [0.25, 0.3) is 0 Å². The Hall–Kier alpha value is -2.85. The van der Waals surface area contributed by atoms with Crippen molar-refractivity contribution in [2.45, 2.75) is 23.8 Å². The number of sulfonamides is 1. The molecule has 136 valence electrons. The van der Waals surface area contributed by atoms with Crippen LogP contribution in [0, 0.1) is 15.9 Å². The number of carbonyl (C=O) groups excluding carboxylic acids is 1. The SMILES string of the molecule is O=C(Oc1cc(F)ccc1[N+](=O)[O-])c1cccc(S(=O)(=O)NC2CC2)c1. The summed E-state index contributed by atoms with van der Waals surface area (Å²) in [6.45, 7) is 0. The number of benzene rings is 2. The molecule has 0 heterocycles. The molecule has 1 aliphatic carbocycles. The van der Waals surface area contributed by atoms with Crippen molar-refractivity contribution in [2.75, 3.05) is 0 Å². The van der Waals surface area contributed by atoms with E-state index in [4.69, 9.17) is 4.74 Å². The molecule has 8 nitrogen and oxygen atoms in total. The van der Waals surface area contributed by atoms with Crippen LogP contribution in [0.5, 0.6) is 5.75 Å². The molecule has 0 aromatic heterocycles. The number of nitrogens with zero attached hydrogens (tertiary/aromatic N) is 1. The number of hydrogen-bond acceptors (Lipinski definition) is 6. The molecule has 3 rings (SSSR count). The number of nitro groups is 1. The largest absolute Gasteiger partial charge is 0.415 e. The van der Waals surface area contributed by atoms with Gasteiger partial charge in [-0.15, -0.1) is 0 Å². The minimum absolute atomic E-state index is 0.106. The molecular formula is C16H13FN2O6S. The van der Waals surface area contributed by atoms with E-state index in [1.54, 1.807) is 0 Å². The second-order valence-corrected chi connectivity index (χ2v) is 7.40. The minimum atomic E-state index is -3.78. The number of carbonyl (C=O) groups is 1. The lowest BCUT2D eigenvalue weighted by molar-refractivity contribution is -0.385. The molecule has 0 bridgehead atoms. The topological polar surface area (TPSA) is 116 Å². The van der Waals surface area contributed by atoms with Gasteiger partial charge in [0.2, 0.25) is 15.8 Å². The van der Waals surface area contributed by atoms with Crippen LogP contribution in [0.3, 0.4) is 0 Å². The summed E-state index contributed by atoms with van der Waals surface area (Å²) in [5.74, 6) is -2.42. The number of hydrogen-bond donors (Lipinski definition) is 1. The molecule has 0 radical (unpaired) electrons. The molecule has 1 aliphatic rings. The number of ether oxygens (including phenoxy) is 1. The molecule has 1 fully saturated rings. The molecule has 10 heteroatoms. The van der Waals surface area contributed by atoms with Crippen LogP contribution in [0.1, 0.15) is 23.2 Å². The maximum absolute atomic E-state index is 13.3. The van der Waals surface area contributed by atoms with Crippen molar-refractivity contribution < 1.29 is 27.3 Å². The van der Waals surface area contributed by atoms with Crippen molar-refractivity contribution in [3.8, 4) is 5.75 Å². The average Bonchev–Trinajstić information content (AvgIpc) is 3.38. The minimum Gasteiger partial charge on any atom is -0.415 e. The summed E-state index contributed by atoms with van der Waals surface area (Å²) in [6, 6.07) is 7.40. The van der Waals surface area contributed by atoms with Gasteiger partial charge < -0.3 is 4.74 Å². The third-order valence-electron chi connectivity index (χ3n) is 3.60. The standard InChI is InChI=1S/C16H13FN2O6S/c17-11-4-7-14(19(21)22)15(9-11)25-16(20)10-2-1-3-13(8-10)26(23,24)18-12-5-6-12/h1-4,7-9,12,18H,5-6H2. The van der Waals surface area contributed by atoms with E-state index in [2.05, 4.69) is 4.72 Å². The van der Waals surface area contributed by atoms with Gasteiger partial charge in [-0.05, 0) is 37.1 Å². The molecule has 1 saturated carbocycles. The number of rotatable bonds is 6. The summed E-state index contributed by atoms with van der Waals surface area (Å²) >= 11 is 0. The van der Waals surface area contributed by atoms with Gasteiger partial charge in [0.15, 0.2) is 0 Å². The van der Waals surface area contributed by atoms with E-state index in [9.17, 15) is 27.7 Å². The van der Waals surface area contributed by atoms with Gasteiger partial charge in [-0.2, -0.15) is 0 Å². The van der Waals surface area contributed by atoms with Crippen LogP contribution >= 0.6 is 0 Å². The van der Waals surface area contributed by atoms with Gasteiger partial charge in [-0.25, -0.2) is 22.3 Å². The molecule has 2 aromatic carbocycles. The first-order valence-corrected chi connectivity index (χ1v) is 9.03. The Morgan fingerprint density at radius 2 is 1.96 bits per heavy atom. The van der Waals surface area contributed by atoms with Gasteiger partial charge in [0, 0.05) is 18.2 Å². The summed E-state index contributed by atoms with van der Waals surface area (Å²) in [5.41, 5.74) is -0.721. The summed E-state index contributed by atoms with van der Waals surface area (Å²) in [7, 11) is -3.78. The zero-order valence-electron chi connectivity index (χ0n) is 13.2. The normalized spacial score (nSPS) is 14.0. The zero-order chi connectivity index (χ0) is 18.9. The van der Waals surface area contributed by atoms with E-state index in [-0.39, 0.29) is 16.5 Å². The van der Waals surface area contributed by atoms with E-state index in [1.807, 2.05) is 0 Å². The van der Waals surface area contributed by atoms with Crippen LogP contribution in [0.2, 0.25) is 0 Å². The quantitative estimate of drug-likeness (QED) is 0.356. The van der Waals surface area contributed by atoms with E-state index >= 15 is 0 Å². The first-order valence-electron chi connectivity index (χ1n) is 7.55. The van der Waals surface area contributed by atoms with E-state index in [1.165, 1.54) is 18.2 Å². The van der Waals surface area contributed by atoms with Crippen molar-refractivity contribution in [1.29, 1.82) is 0 Å². The van der Waals surface area contributed by atoms with E-state index < -0.39 is 38.2 Å². The highest BCUT2D eigenvalue weighted by atomic mass is 32.2. The molecule has 1 N–H and O–H groups in total. The Labute approximate surface area is 147 Å². The highest BCUT2D eigenvalue weighted by Crippen LogP contribution is 2.28. The van der Waals surface area contributed by atoms with Crippen molar-refractivity contribution in [1.82, 2.24) is 4.72 Å².